The Labute approximate surface area is 112 Å². The summed E-state index contributed by atoms with van der Waals surface area (Å²) in [5.74, 6) is 0.782. The third-order valence-electron chi connectivity index (χ3n) is 4.01. The topological polar surface area (TPSA) is 12.0 Å². The molecule has 18 heavy (non-hydrogen) atoms. The Morgan fingerprint density at radius 1 is 1.22 bits per heavy atom. The lowest BCUT2D eigenvalue weighted by Gasteiger charge is -2.12. The van der Waals surface area contributed by atoms with Crippen molar-refractivity contribution in [2.75, 3.05) is 13.1 Å². The Hall–Kier alpha value is -0.820. The van der Waals surface area contributed by atoms with Crippen LogP contribution in [0.1, 0.15) is 49.8 Å². The standard InChI is InChI=1S/C17H27N/c1-3-11-18-13-14(2)7-8-15-9-10-16-5-4-6-17(16)12-15/h9-10,12,14,18H,3-8,11,13H2,1-2H3. The highest BCUT2D eigenvalue weighted by Crippen LogP contribution is 2.23. The molecule has 0 heterocycles. The first-order valence-electron chi connectivity index (χ1n) is 7.61. The first-order valence-corrected chi connectivity index (χ1v) is 7.61. The normalized spacial score (nSPS) is 15.7. The van der Waals surface area contributed by atoms with E-state index in [4.69, 9.17) is 0 Å². The predicted octanol–water partition coefficient (Wildman–Crippen LogP) is 3.74. The van der Waals surface area contributed by atoms with Gasteiger partial charge in [-0.25, -0.2) is 0 Å². The highest BCUT2D eigenvalue weighted by atomic mass is 14.8. The number of fused-ring (bicyclic) bond motifs is 1. The lowest BCUT2D eigenvalue weighted by atomic mass is 9.98. The average molecular weight is 245 g/mol. The molecule has 1 aromatic carbocycles. The van der Waals surface area contributed by atoms with Crippen molar-refractivity contribution < 1.29 is 0 Å². The largest absolute Gasteiger partial charge is 0.316 e. The fraction of sp³-hybridized carbons (Fsp3) is 0.647. The Balaban J connectivity index is 1.76. The molecule has 0 spiro atoms. The lowest BCUT2D eigenvalue weighted by molar-refractivity contribution is 0.481. The van der Waals surface area contributed by atoms with Gasteiger partial charge in [0.05, 0.1) is 0 Å². The van der Waals surface area contributed by atoms with Gasteiger partial charge in [0.1, 0.15) is 0 Å². The van der Waals surface area contributed by atoms with Crippen LogP contribution in [0.4, 0.5) is 0 Å². The molecule has 0 amide bonds. The highest BCUT2D eigenvalue weighted by Gasteiger charge is 2.11. The van der Waals surface area contributed by atoms with Crippen molar-refractivity contribution in [1.29, 1.82) is 0 Å². The minimum Gasteiger partial charge on any atom is -0.316 e. The van der Waals surface area contributed by atoms with E-state index < -0.39 is 0 Å². The summed E-state index contributed by atoms with van der Waals surface area (Å²) in [5, 5.41) is 3.51. The van der Waals surface area contributed by atoms with Crippen molar-refractivity contribution in [3.05, 3.63) is 34.9 Å². The van der Waals surface area contributed by atoms with Gasteiger partial charge in [0.25, 0.3) is 0 Å². The maximum atomic E-state index is 3.51. The first kappa shape index (κ1) is 13.6. The summed E-state index contributed by atoms with van der Waals surface area (Å²) in [4.78, 5) is 0. The predicted molar refractivity (Wildman–Crippen MR) is 79.1 cm³/mol. The minimum absolute atomic E-state index is 0.782. The molecule has 1 aromatic rings. The molecule has 1 nitrogen and oxygen atoms in total. The molecular weight excluding hydrogens is 218 g/mol. The van der Waals surface area contributed by atoms with E-state index in [9.17, 15) is 0 Å². The van der Waals surface area contributed by atoms with Crippen LogP contribution in [0.3, 0.4) is 0 Å². The number of aryl methyl sites for hydroxylation is 3. The fourth-order valence-electron chi connectivity index (χ4n) is 2.82. The van der Waals surface area contributed by atoms with Crippen molar-refractivity contribution in [2.24, 2.45) is 5.92 Å². The van der Waals surface area contributed by atoms with Crippen LogP contribution in [0.25, 0.3) is 0 Å². The van der Waals surface area contributed by atoms with Crippen LogP contribution < -0.4 is 5.32 Å². The van der Waals surface area contributed by atoms with Gasteiger partial charge in [-0.15, -0.1) is 0 Å². The molecule has 2 rings (SSSR count). The first-order chi connectivity index (χ1) is 8.79. The Morgan fingerprint density at radius 2 is 2.06 bits per heavy atom. The summed E-state index contributed by atoms with van der Waals surface area (Å²) in [6.07, 6.45) is 7.73. The summed E-state index contributed by atoms with van der Waals surface area (Å²) < 4.78 is 0. The van der Waals surface area contributed by atoms with Crippen molar-refractivity contribution >= 4 is 0 Å². The molecule has 0 radical (unpaired) electrons. The average Bonchev–Trinajstić information content (AvgIpc) is 2.84. The third-order valence-corrected chi connectivity index (χ3v) is 4.01. The summed E-state index contributed by atoms with van der Waals surface area (Å²) in [6, 6.07) is 7.16. The van der Waals surface area contributed by atoms with Gasteiger partial charge in [0.2, 0.25) is 0 Å². The molecule has 0 saturated heterocycles. The Bertz CT molecular complexity index is 370. The van der Waals surface area contributed by atoms with Gasteiger partial charge in [-0.2, -0.15) is 0 Å². The van der Waals surface area contributed by atoms with Gasteiger partial charge >= 0.3 is 0 Å². The van der Waals surface area contributed by atoms with Crippen molar-refractivity contribution in [3.63, 3.8) is 0 Å². The van der Waals surface area contributed by atoms with Crippen LogP contribution in [0.2, 0.25) is 0 Å². The van der Waals surface area contributed by atoms with E-state index in [-0.39, 0.29) is 0 Å². The highest BCUT2D eigenvalue weighted by molar-refractivity contribution is 5.35. The zero-order chi connectivity index (χ0) is 12.8. The quantitative estimate of drug-likeness (QED) is 0.722. The van der Waals surface area contributed by atoms with Gasteiger partial charge in [-0.05, 0) is 74.2 Å². The molecule has 0 saturated carbocycles. The number of hydrogen-bond acceptors (Lipinski definition) is 1. The van der Waals surface area contributed by atoms with E-state index in [1.807, 2.05) is 0 Å². The van der Waals surface area contributed by atoms with Gasteiger partial charge in [-0.1, -0.05) is 32.0 Å². The van der Waals surface area contributed by atoms with Crippen LogP contribution in [-0.2, 0) is 19.3 Å². The van der Waals surface area contributed by atoms with Crippen LogP contribution >= 0.6 is 0 Å². The van der Waals surface area contributed by atoms with Crippen LogP contribution in [-0.4, -0.2) is 13.1 Å². The maximum absolute atomic E-state index is 3.51. The molecule has 1 N–H and O–H groups in total. The molecule has 0 aliphatic heterocycles. The summed E-state index contributed by atoms with van der Waals surface area (Å²) in [5.41, 5.74) is 4.75. The zero-order valence-corrected chi connectivity index (χ0v) is 12.0. The van der Waals surface area contributed by atoms with Crippen LogP contribution in [0.5, 0.6) is 0 Å². The second-order valence-electron chi connectivity index (χ2n) is 5.80. The van der Waals surface area contributed by atoms with E-state index in [1.54, 1.807) is 11.1 Å². The molecule has 1 heteroatoms. The fourth-order valence-corrected chi connectivity index (χ4v) is 2.82. The van der Waals surface area contributed by atoms with E-state index in [0.29, 0.717) is 0 Å². The van der Waals surface area contributed by atoms with Gasteiger partial charge in [0.15, 0.2) is 0 Å². The Kier molecular flexibility index (Phi) is 5.25. The summed E-state index contributed by atoms with van der Waals surface area (Å²) in [7, 11) is 0. The number of rotatable bonds is 7. The molecule has 0 bridgehead atoms. The van der Waals surface area contributed by atoms with E-state index >= 15 is 0 Å². The smallest absolute Gasteiger partial charge is 0.00230 e. The number of hydrogen-bond donors (Lipinski definition) is 1. The van der Waals surface area contributed by atoms with Gasteiger partial charge < -0.3 is 5.32 Å². The Morgan fingerprint density at radius 3 is 2.89 bits per heavy atom. The monoisotopic (exact) mass is 245 g/mol. The van der Waals surface area contributed by atoms with Crippen LogP contribution in [0, 0.1) is 5.92 Å². The lowest BCUT2D eigenvalue weighted by Crippen LogP contribution is -2.22. The second-order valence-corrected chi connectivity index (χ2v) is 5.80. The molecule has 1 aliphatic rings. The van der Waals surface area contributed by atoms with Gasteiger partial charge in [0, 0.05) is 0 Å². The van der Waals surface area contributed by atoms with E-state index in [1.165, 1.54) is 50.6 Å². The SMILES string of the molecule is CCCNCC(C)CCc1ccc2c(c1)CCC2. The molecule has 1 unspecified atom stereocenters. The van der Waals surface area contributed by atoms with Crippen LogP contribution in [0.15, 0.2) is 18.2 Å². The third kappa shape index (κ3) is 3.84. The van der Waals surface area contributed by atoms with E-state index in [2.05, 4.69) is 37.4 Å². The minimum atomic E-state index is 0.782. The number of benzene rings is 1. The molecule has 0 aromatic heterocycles. The molecule has 100 valence electrons. The molecule has 1 aliphatic carbocycles. The molecular formula is C17H27N. The van der Waals surface area contributed by atoms with Crippen molar-refractivity contribution in [2.45, 2.75) is 52.4 Å². The second kappa shape index (κ2) is 6.94. The summed E-state index contributed by atoms with van der Waals surface area (Å²) >= 11 is 0. The molecule has 1 atom stereocenters. The van der Waals surface area contributed by atoms with Crippen molar-refractivity contribution in [3.8, 4) is 0 Å². The van der Waals surface area contributed by atoms with Crippen molar-refractivity contribution in [1.82, 2.24) is 5.32 Å². The summed E-state index contributed by atoms with van der Waals surface area (Å²) in [6.45, 7) is 6.90. The zero-order valence-electron chi connectivity index (χ0n) is 12.0. The van der Waals surface area contributed by atoms with Gasteiger partial charge in [-0.3, -0.25) is 0 Å². The van der Waals surface area contributed by atoms with E-state index in [0.717, 1.165) is 12.5 Å². The number of nitrogens with one attached hydrogen (secondary N) is 1. The molecule has 0 fully saturated rings. The maximum Gasteiger partial charge on any atom is -0.00230 e.